The van der Waals surface area contributed by atoms with E-state index in [1.165, 1.54) is 11.8 Å². The average molecular weight is 435 g/mol. The Morgan fingerprint density at radius 2 is 2.00 bits per heavy atom. The highest BCUT2D eigenvalue weighted by molar-refractivity contribution is 5.64. The zero-order chi connectivity index (χ0) is 22.1. The summed E-state index contributed by atoms with van der Waals surface area (Å²) in [6, 6.07) is 3.33. The molecule has 4 atom stereocenters. The van der Waals surface area contributed by atoms with Gasteiger partial charge in [-0.3, -0.25) is 9.58 Å². The van der Waals surface area contributed by atoms with E-state index in [1.54, 1.807) is 0 Å². The summed E-state index contributed by atoms with van der Waals surface area (Å²) >= 11 is 0. The highest BCUT2D eigenvalue weighted by Crippen LogP contribution is 2.61. The van der Waals surface area contributed by atoms with Crippen molar-refractivity contribution in [2.45, 2.75) is 57.0 Å². The van der Waals surface area contributed by atoms with Gasteiger partial charge in [0.05, 0.1) is 11.3 Å². The third kappa shape index (κ3) is 3.43. The lowest BCUT2D eigenvalue weighted by atomic mass is 10.0. The molecule has 0 aromatic carbocycles. The molecule has 0 amide bonds. The molecule has 31 heavy (non-hydrogen) atoms. The largest absolute Gasteiger partial charge is 0.419 e. The number of nitrogens with zero attached hydrogens (tertiary/aromatic N) is 4. The minimum absolute atomic E-state index is 0.118. The van der Waals surface area contributed by atoms with Crippen LogP contribution in [0.4, 0.5) is 23.4 Å². The van der Waals surface area contributed by atoms with Crippen LogP contribution in [0.25, 0.3) is 11.3 Å². The van der Waals surface area contributed by atoms with Gasteiger partial charge in [0.1, 0.15) is 12.0 Å². The van der Waals surface area contributed by atoms with Crippen LogP contribution in [0.2, 0.25) is 0 Å². The second-order valence-electron chi connectivity index (χ2n) is 8.92. The number of allylic oxidation sites excluding steroid dienone is 1. The number of aromatic nitrogens is 3. The molecule has 2 aromatic rings. The Hall–Kier alpha value is -2.42. The molecule has 1 saturated carbocycles. The first kappa shape index (κ1) is 20.5. The van der Waals surface area contributed by atoms with Crippen LogP contribution in [0.3, 0.4) is 0 Å². The number of alkyl halides is 4. The number of pyridine rings is 1. The maximum absolute atomic E-state index is 13.3. The van der Waals surface area contributed by atoms with Crippen LogP contribution >= 0.6 is 0 Å². The SMILES string of the molecule is CCC(C)n1nc(-c2cnc(N)c(C(F)(F)F)c2)cc1[C@@H]1C2=CC(N3CC(F)C3)CC21. The van der Waals surface area contributed by atoms with Crippen LogP contribution in [-0.2, 0) is 6.18 Å². The fraction of sp³-hybridized carbons (Fsp3) is 0.545. The number of hydrogen-bond donors (Lipinski definition) is 1. The molecule has 0 bridgehead atoms. The van der Waals surface area contributed by atoms with E-state index in [1.807, 2.05) is 10.7 Å². The summed E-state index contributed by atoms with van der Waals surface area (Å²) < 4.78 is 55.0. The lowest BCUT2D eigenvalue weighted by molar-refractivity contribution is -0.137. The van der Waals surface area contributed by atoms with Crippen molar-refractivity contribution in [2.24, 2.45) is 5.92 Å². The molecule has 2 aliphatic carbocycles. The molecule has 0 spiro atoms. The molecule has 1 aliphatic heterocycles. The average Bonchev–Trinajstić information content (AvgIpc) is 3.06. The van der Waals surface area contributed by atoms with Crippen molar-refractivity contribution in [2.75, 3.05) is 18.8 Å². The van der Waals surface area contributed by atoms with Crippen LogP contribution in [0.15, 0.2) is 30.0 Å². The van der Waals surface area contributed by atoms with Crippen molar-refractivity contribution in [3.8, 4) is 11.3 Å². The minimum atomic E-state index is -4.57. The molecule has 5 nitrogen and oxygen atoms in total. The molecule has 2 aromatic heterocycles. The Morgan fingerprint density at radius 1 is 1.26 bits per heavy atom. The number of nitrogen functional groups attached to an aromatic ring is 1. The minimum Gasteiger partial charge on any atom is -0.383 e. The molecule has 9 heteroatoms. The van der Waals surface area contributed by atoms with Crippen LogP contribution in [0, 0.1) is 5.92 Å². The van der Waals surface area contributed by atoms with Gasteiger partial charge in [0, 0.05) is 48.5 Å². The topological polar surface area (TPSA) is 60.0 Å². The van der Waals surface area contributed by atoms with E-state index in [0.29, 0.717) is 36.3 Å². The van der Waals surface area contributed by atoms with Crippen molar-refractivity contribution in [1.82, 2.24) is 19.7 Å². The van der Waals surface area contributed by atoms with Crippen molar-refractivity contribution in [1.29, 1.82) is 0 Å². The second kappa shape index (κ2) is 7.05. The Labute approximate surface area is 177 Å². The van der Waals surface area contributed by atoms with Crippen LogP contribution in [0.1, 0.15) is 49.9 Å². The predicted molar refractivity (Wildman–Crippen MR) is 109 cm³/mol. The van der Waals surface area contributed by atoms with Crippen LogP contribution in [0.5, 0.6) is 0 Å². The first-order chi connectivity index (χ1) is 14.7. The van der Waals surface area contributed by atoms with E-state index in [-0.39, 0.29) is 12.0 Å². The Bertz CT molecular complexity index is 1040. The molecule has 3 unspecified atom stereocenters. The lowest BCUT2D eigenvalue weighted by Crippen LogP contribution is -2.52. The normalized spacial score (nSPS) is 27.0. The molecule has 1 saturated heterocycles. The van der Waals surface area contributed by atoms with E-state index in [0.717, 1.165) is 24.6 Å². The van der Waals surface area contributed by atoms with Gasteiger partial charge >= 0.3 is 6.18 Å². The first-order valence-electron chi connectivity index (χ1n) is 10.7. The van der Waals surface area contributed by atoms with Gasteiger partial charge in [-0.25, -0.2) is 9.37 Å². The molecule has 3 heterocycles. The quantitative estimate of drug-likeness (QED) is 0.552. The van der Waals surface area contributed by atoms with E-state index >= 15 is 0 Å². The highest BCUT2D eigenvalue weighted by Gasteiger charge is 2.53. The predicted octanol–water partition coefficient (Wildman–Crippen LogP) is 4.58. The summed E-state index contributed by atoms with van der Waals surface area (Å²) in [5, 5.41) is 4.67. The van der Waals surface area contributed by atoms with E-state index in [2.05, 4.69) is 34.9 Å². The van der Waals surface area contributed by atoms with Gasteiger partial charge in [0.25, 0.3) is 0 Å². The third-order valence-electron chi connectivity index (χ3n) is 6.91. The zero-order valence-corrected chi connectivity index (χ0v) is 17.4. The van der Waals surface area contributed by atoms with Gasteiger partial charge in [-0.2, -0.15) is 18.3 Å². The number of halogens is 4. The van der Waals surface area contributed by atoms with Gasteiger partial charge in [-0.15, -0.1) is 0 Å². The molecule has 0 radical (unpaired) electrons. The molecule has 2 N–H and O–H groups in total. The number of likely N-dealkylation sites (tertiary alicyclic amines) is 1. The monoisotopic (exact) mass is 435 g/mol. The Balaban J connectivity index is 1.46. The smallest absolute Gasteiger partial charge is 0.383 e. The van der Waals surface area contributed by atoms with Gasteiger partial charge in [0.2, 0.25) is 0 Å². The van der Waals surface area contributed by atoms with Crippen molar-refractivity contribution >= 4 is 5.82 Å². The number of anilines is 1. The van der Waals surface area contributed by atoms with Crippen molar-refractivity contribution in [3.63, 3.8) is 0 Å². The summed E-state index contributed by atoms with van der Waals surface area (Å²) in [7, 11) is 0. The van der Waals surface area contributed by atoms with Gasteiger partial charge in [0.15, 0.2) is 0 Å². The molecule has 5 rings (SSSR count). The number of hydrogen-bond acceptors (Lipinski definition) is 4. The third-order valence-corrected chi connectivity index (χ3v) is 6.91. The fourth-order valence-electron chi connectivity index (χ4n) is 4.90. The van der Waals surface area contributed by atoms with Gasteiger partial charge in [-0.05, 0) is 37.8 Å². The summed E-state index contributed by atoms with van der Waals surface area (Å²) in [5.41, 5.74) is 7.64. The zero-order valence-electron chi connectivity index (χ0n) is 17.4. The summed E-state index contributed by atoms with van der Waals surface area (Å²) in [4.78, 5) is 5.92. The standard InChI is InChI=1S/C22H25F4N5/c1-3-11(2)31-19(20-15-5-14(6-16(15)20)30-9-13(23)10-30)7-18(29-31)12-4-17(22(24,25)26)21(27)28-8-12/h4-5,7-8,11,13-14,16,20H,3,6,9-10H2,1-2H3,(H2,27,28)/t11?,14?,16?,20-/m1/s1. The Morgan fingerprint density at radius 3 is 2.58 bits per heavy atom. The van der Waals surface area contributed by atoms with Crippen molar-refractivity contribution < 1.29 is 17.6 Å². The lowest BCUT2D eigenvalue weighted by Gasteiger charge is -2.39. The maximum Gasteiger partial charge on any atom is 0.419 e. The number of nitrogens with two attached hydrogens (primary N) is 1. The first-order valence-corrected chi connectivity index (χ1v) is 10.7. The number of fused-ring (bicyclic) bond motifs is 1. The Kier molecular flexibility index (Phi) is 4.66. The van der Waals surface area contributed by atoms with Gasteiger partial charge in [-0.1, -0.05) is 18.6 Å². The van der Waals surface area contributed by atoms with Crippen molar-refractivity contribution in [3.05, 3.63) is 41.2 Å². The van der Waals surface area contributed by atoms with Crippen LogP contribution in [-0.4, -0.2) is 45.0 Å². The molecule has 166 valence electrons. The second-order valence-corrected chi connectivity index (χ2v) is 8.92. The highest BCUT2D eigenvalue weighted by atomic mass is 19.4. The maximum atomic E-state index is 13.3. The van der Waals surface area contributed by atoms with E-state index in [9.17, 15) is 17.6 Å². The molecular weight excluding hydrogens is 410 g/mol. The fourth-order valence-corrected chi connectivity index (χ4v) is 4.90. The summed E-state index contributed by atoms with van der Waals surface area (Å²) in [5.74, 6) is 0.108. The molecular formula is C22H25F4N5. The number of rotatable bonds is 5. The van der Waals surface area contributed by atoms with E-state index in [4.69, 9.17) is 5.73 Å². The van der Waals surface area contributed by atoms with E-state index < -0.39 is 23.7 Å². The molecule has 2 fully saturated rings. The summed E-state index contributed by atoms with van der Waals surface area (Å²) in [6.45, 7) is 5.13. The summed E-state index contributed by atoms with van der Waals surface area (Å²) in [6.07, 6.45) is 0.134. The molecule has 3 aliphatic rings. The van der Waals surface area contributed by atoms with Gasteiger partial charge < -0.3 is 5.73 Å². The van der Waals surface area contributed by atoms with Crippen LogP contribution < -0.4 is 5.73 Å².